The van der Waals surface area contributed by atoms with Crippen molar-refractivity contribution in [2.24, 2.45) is 5.92 Å². The predicted octanol–water partition coefficient (Wildman–Crippen LogP) is 3.24. The van der Waals surface area contributed by atoms with Gasteiger partial charge in [-0.3, -0.25) is 4.79 Å². The summed E-state index contributed by atoms with van der Waals surface area (Å²) in [7, 11) is 0. The number of nitrogens with zero attached hydrogens (tertiary/aromatic N) is 1. The second-order valence-electron chi connectivity index (χ2n) is 5.28. The van der Waals surface area contributed by atoms with Crippen molar-refractivity contribution >= 4 is 11.7 Å². The number of anilines is 1. The third-order valence-corrected chi connectivity index (χ3v) is 3.19. The lowest BCUT2D eigenvalue weighted by Crippen LogP contribution is -2.37. The van der Waals surface area contributed by atoms with Crippen LogP contribution in [0.2, 0.25) is 0 Å². The standard InChI is InChI=1S/C15H23NO2/c1-10(2)16(9-13(5)15(17)18)14-8-11(3)6-7-12(14)4/h6-8,10,13H,9H2,1-5H3,(H,17,18). The van der Waals surface area contributed by atoms with Crippen LogP contribution in [-0.2, 0) is 4.79 Å². The Kier molecular flexibility index (Phi) is 4.76. The Hall–Kier alpha value is -1.51. The lowest BCUT2D eigenvalue weighted by atomic mass is 10.1. The molecule has 1 unspecified atom stereocenters. The maximum atomic E-state index is 11.0. The van der Waals surface area contributed by atoms with E-state index < -0.39 is 5.97 Å². The number of aryl methyl sites for hydroxylation is 2. The predicted molar refractivity (Wildman–Crippen MR) is 75.2 cm³/mol. The summed E-state index contributed by atoms with van der Waals surface area (Å²) >= 11 is 0. The number of carbonyl (C=O) groups is 1. The maximum Gasteiger partial charge on any atom is 0.308 e. The van der Waals surface area contributed by atoms with Crippen LogP contribution in [0.15, 0.2) is 18.2 Å². The first-order valence-electron chi connectivity index (χ1n) is 6.39. The zero-order valence-corrected chi connectivity index (χ0v) is 11.9. The molecular formula is C15H23NO2. The van der Waals surface area contributed by atoms with Crippen LogP contribution in [0.25, 0.3) is 0 Å². The van der Waals surface area contributed by atoms with Crippen LogP contribution in [0, 0.1) is 19.8 Å². The molecule has 0 bridgehead atoms. The fraction of sp³-hybridized carbons (Fsp3) is 0.533. The van der Waals surface area contributed by atoms with E-state index in [1.807, 2.05) is 0 Å². The molecular weight excluding hydrogens is 226 g/mol. The highest BCUT2D eigenvalue weighted by Crippen LogP contribution is 2.24. The third kappa shape index (κ3) is 3.49. The Labute approximate surface area is 109 Å². The fourth-order valence-electron chi connectivity index (χ4n) is 1.99. The molecule has 0 heterocycles. The van der Waals surface area contributed by atoms with Gasteiger partial charge in [-0.05, 0) is 44.9 Å². The molecule has 0 fully saturated rings. The van der Waals surface area contributed by atoms with Crippen molar-refractivity contribution < 1.29 is 9.90 Å². The number of rotatable bonds is 5. The van der Waals surface area contributed by atoms with Crippen molar-refractivity contribution in [1.29, 1.82) is 0 Å². The average molecular weight is 249 g/mol. The number of carboxylic acids is 1. The van der Waals surface area contributed by atoms with Gasteiger partial charge in [0.2, 0.25) is 0 Å². The molecule has 1 N–H and O–H groups in total. The van der Waals surface area contributed by atoms with E-state index in [4.69, 9.17) is 5.11 Å². The van der Waals surface area contributed by atoms with E-state index in [0.717, 1.165) is 5.69 Å². The second kappa shape index (κ2) is 5.89. The van der Waals surface area contributed by atoms with Gasteiger partial charge in [-0.2, -0.15) is 0 Å². The van der Waals surface area contributed by atoms with Crippen LogP contribution >= 0.6 is 0 Å². The highest BCUT2D eigenvalue weighted by Gasteiger charge is 2.19. The van der Waals surface area contributed by atoms with Crippen molar-refractivity contribution in [3.05, 3.63) is 29.3 Å². The first kappa shape index (κ1) is 14.6. The van der Waals surface area contributed by atoms with Gasteiger partial charge in [-0.15, -0.1) is 0 Å². The average Bonchev–Trinajstić information content (AvgIpc) is 2.28. The quantitative estimate of drug-likeness (QED) is 0.871. The van der Waals surface area contributed by atoms with Crippen molar-refractivity contribution in [2.75, 3.05) is 11.4 Å². The van der Waals surface area contributed by atoms with Gasteiger partial charge in [0.25, 0.3) is 0 Å². The Bertz CT molecular complexity index is 427. The van der Waals surface area contributed by atoms with E-state index in [1.54, 1.807) is 6.92 Å². The minimum Gasteiger partial charge on any atom is -0.481 e. The Balaban J connectivity index is 3.04. The molecule has 1 aromatic carbocycles. The molecule has 0 saturated heterocycles. The molecule has 0 aromatic heterocycles. The van der Waals surface area contributed by atoms with Crippen LogP contribution in [-0.4, -0.2) is 23.7 Å². The SMILES string of the molecule is Cc1ccc(C)c(N(CC(C)C(=O)O)C(C)C)c1. The van der Waals surface area contributed by atoms with Gasteiger partial charge in [-0.25, -0.2) is 0 Å². The lowest BCUT2D eigenvalue weighted by Gasteiger charge is -2.32. The van der Waals surface area contributed by atoms with Gasteiger partial charge in [-0.1, -0.05) is 19.1 Å². The number of benzene rings is 1. The monoisotopic (exact) mass is 249 g/mol. The minimum atomic E-state index is -0.744. The largest absolute Gasteiger partial charge is 0.481 e. The highest BCUT2D eigenvalue weighted by atomic mass is 16.4. The Morgan fingerprint density at radius 2 is 1.89 bits per heavy atom. The third-order valence-electron chi connectivity index (χ3n) is 3.19. The van der Waals surface area contributed by atoms with E-state index >= 15 is 0 Å². The van der Waals surface area contributed by atoms with E-state index in [0.29, 0.717) is 6.54 Å². The molecule has 0 saturated carbocycles. The number of hydrogen-bond acceptors (Lipinski definition) is 2. The van der Waals surface area contributed by atoms with Gasteiger partial charge in [0.1, 0.15) is 0 Å². The summed E-state index contributed by atoms with van der Waals surface area (Å²) in [5.41, 5.74) is 3.52. The highest BCUT2D eigenvalue weighted by molar-refractivity contribution is 5.70. The van der Waals surface area contributed by atoms with Crippen LogP contribution in [0.3, 0.4) is 0 Å². The van der Waals surface area contributed by atoms with E-state index in [1.165, 1.54) is 11.1 Å². The number of aliphatic carboxylic acids is 1. The first-order valence-corrected chi connectivity index (χ1v) is 6.39. The van der Waals surface area contributed by atoms with E-state index in [9.17, 15) is 4.79 Å². The molecule has 1 aromatic rings. The van der Waals surface area contributed by atoms with Gasteiger partial charge in [0.15, 0.2) is 0 Å². The molecule has 0 aliphatic carbocycles. The molecule has 0 amide bonds. The van der Waals surface area contributed by atoms with E-state index in [-0.39, 0.29) is 12.0 Å². The molecule has 3 nitrogen and oxygen atoms in total. The smallest absolute Gasteiger partial charge is 0.308 e. The zero-order chi connectivity index (χ0) is 13.9. The summed E-state index contributed by atoms with van der Waals surface area (Å²) < 4.78 is 0. The molecule has 18 heavy (non-hydrogen) atoms. The topological polar surface area (TPSA) is 40.5 Å². The van der Waals surface area contributed by atoms with Gasteiger partial charge in [0.05, 0.1) is 5.92 Å². The zero-order valence-electron chi connectivity index (χ0n) is 11.9. The minimum absolute atomic E-state index is 0.285. The molecule has 0 aliphatic rings. The Morgan fingerprint density at radius 3 is 2.39 bits per heavy atom. The molecule has 1 rings (SSSR count). The summed E-state index contributed by atoms with van der Waals surface area (Å²) in [6.07, 6.45) is 0. The van der Waals surface area contributed by atoms with Gasteiger partial charge in [0, 0.05) is 18.3 Å². The summed E-state index contributed by atoms with van der Waals surface area (Å²) in [5.74, 6) is -1.11. The van der Waals surface area contributed by atoms with Gasteiger partial charge >= 0.3 is 5.97 Å². The second-order valence-corrected chi connectivity index (χ2v) is 5.28. The lowest BCUT2D eigenvalue weighted by molar-refractivity contribution is -0.140. The van der Waals surface area contributed by atoms with Crippen LogP contribution in [0.5, 0.6) is 0 Å². The van der Waals surface area contributed by atoms with Crippen LogP contribution < -0.4 is 4.90 Å². The van der Waals surface area contributed by atoms with E-state index in [2.05, 4.69) is 50.8 Å². The molecule has 0 radical (unpaired) electrons. The maximum absolute atomic E-state index is 11.0. The summed E-state index contributed by atoms with van der Waals surface area (Å²) in [4.78, 5) is 13.2. The Morgan fingerprint density at radius 1 is 1.28 bits per heavy atom. The number of hydrogen-bond donors (Lipinski definition) is 1. The molecule has 3 heteroatoms. The normalized spacial score (nSPS) is 12.6. The molecule has 1 atom stereocenters. The van der Waals surface area contributed by atoms with Gasteiger partial charge < -0.3 is 10.0 Å². The molecule has 0 aliphatic heterocycles. The molecule has 0 spiro atoms. The first-order chi connectivity index (χ1) is 8.32. The summed E-state index contributed by atoms with van der Waals surface area (Å²) in [6.45, 7) is 10.6. The van der Waals surface area contributed by atoms with Crippen molar-refractivity contribution in [1.82, 2.24) is 0 Å². The van der Waals surface area contributed by atoms with Crippen LogP contribution in [0.1, 0.15) is 31.9 Å². The van der Waals surface area contributed by atoms with Crippen LogP contribution in [0.4, 0.5) is 5.69 Å². The number of carboxylic acid groups (broad SMARTS) is 1. The van der Waals surface area contributed by atoms with Crippen molar-refractivity contribution in [2.45, 2.75) is 40.7 Å². The van der Waals surface area contributed by atoms with Crippen molar-refractivity contribution in [3.63, 3.8) is 0 Å². The van der Waals surface area contributed by atoms with Crippen molar-refractivity contribution in [3.8, 4) is 0 Å². The molecule has 100 valence electrons. The fourth-order valence-corrected chi connectivity index (χ4v) is 1.99. The summed E-state index contributed by atoms with van der Waals surface area (Å²) in [6, 6.07) is 6.58. The summed E-state index contributed by atoms with van der Waals surface area (Å²) in [5, 5.41) is 9.06.